The molecule has 0 aliphatic carbocycles. The Bertz CT molecular complexity index is 799. The Labute approximate surface area is 180 Å². The number of benzene rings is 2. The van der Waals surface area contributed by atoms with Gasteiger partial charge in [0.05, 0.1) is 15.1 Å². The van der Waals surface area contributed by atoms with Crippen molar-refractivity contribution < 1.29 is 0 Å². The van der Waals surface area contributed by atoms with E-state index in [2.05, 4.69) is 74.4 Å². The molecule has 148 valence electrons. The van der Waals surface area contributed by atoms with Crippen LogP contribution in [0.25, 0.3) is 11.1 Å². The Morgan fingerprint density at radius 1 is 0.556 bits per heavy atom. The maximum Gasteiger partial charge on any atom is 0.0778 e. The first-order valence-electron chi connectivity index (χ1n) is 9.38. The normalized spacial score (nSPS) is 13.2. The van der Waals surface area contributed by atoms with Crippen molar-refractivity contribution in [1.82, 2.24) is 0 Å². The first-order valence-corrected chi connectivity index (χ1v) is 10.5. The molecule has 3 heteroatoms. The van der Waals surface area contributed by atoms with E-state index in [-0.39, 0.29) is 16.2 Å². The maximum absolute atomic E-state index is 6.39. The van der Waals surface area contributed by atoms with Crippen LogP contribution in [0.15, 0.2) is 24.3 Å². The van der Waals surface area contributed by atoms with Crippen LogP contribution in [0.1, 0.15) is 79.0 Å². The van der Waals surface area contributed by atoms with Crippen LogP contribution in [-0.4, -0.2) is 0 Å². The van der Waals surface area contributed by atoms with Gasteiger partial charge in [0, 0.05) is 0 Å². The lowest BCUT2D eigenvalue weighted by Crippen LogP contribution is -2.22. The number of rotatable bonds is 1. The highest BCUT2D eigenvalue weighted by molar-refractivity contribution is 6.48. The summed E-state index contributed by atoms with van der Waals surface area (Å²) in [6.07, 6.45) is 0. The summed E-state index contributed by atoms with van der Waals surface area (Å²) in [5.74, 6) is 0. The second-order valence-electron chi connectivity index (χ2n) is 10.5. The van der Waals surface area contributed by atoms with Crippen LogP contribution in [-0.2, 0) is 16.2 Å². The number of hydrogen-bond acceptors (Lipinski definition) is 0. The lowest BCUT2D eigenvalue weighted by molar-refractivity contribution is 0.550. The second-order valence-corrected chi connectivity index (χ2v) is 11.6. The van der Waals surface area contributed by atoms with Gasteiger partial charge < -0.3 is 0 Å². The molecule has 0 heterocycles. The van der Waals surface area contributed by atoms with Gasteiger partial charge >= 0.3 is 0 Å². The minimum atomic E-state index is -0.0326. The van der Waals surface area contributed by atoms with Crippen LogP contribution < -0.4 is 0 Å². The molecule has 0 amide bonds. The molecule has 0 fully saturated rings. The van der Waals surface area contributed by atoms with Gasteiger partial charge in [0.1, 0.15) is 0 Å². The van der Waals surface area contributed by atoms with Crippen LogP contribution in [0.3, 0.4) is 0 Å². The monoisotopic (exact) mass is 424 g/mol. The van der Waals surface area contributed by atoms with Crippen molar-refractivity contribution in [3.05, 3.63) is 56.0 Å². The van der Waals surface area contributed by atoms with Gasteiger partial charge in [-0.2, -0.15) is 0 Å². The molecule has 0 saturated heterocycles. The Hall–Kier alpha value is -0.690. The second kappa shape index (κ2) is 7.29. The molecule has 0 unspecified atom stereocenters. The van der Waals surface area contributed by atoms with Crippen molar-refractivity contribution in [2.45, 2.75) is 78.6 Å². The fourth-order valence-electron chi connectivity index (χ4n) is 3.27. The van der Waals surface area contributed by atoms with Crippen molar-refractivity contribution in [1.29, 1.82) is 0 Å². The molecule has 0 aliphatic heterocycles. The molecule has 0 saturated carbocycles. The molecular weight excluding hydrogens is 395 g/mol. The van der Waals surface area contributed by atoms with E-state index in [1.165, 1.54) is 22.3 Å². The zero-order valence-corrected chi connectivity index (χ0v) is 20.2. The zero-order valence-electron chi connectivity index (χ0n) is 17.9. The van der Waals surface area contributed by atoms with Crippen molar-refractivity contribution in [3.63, 3.8) is 0 Å². The van der Waals surface area contributed by atoms with Gasteiger partial charge in [0.25, 0.3) is 0 Å². The van der Waals surface area contributed by atoms with E-state index in [1.54, 1.807) is 0 Å². The van der Waals surface area contributed by atoms with Crippen molar-refractivity contribution in [2.75, 3.05) is 0 Å². The fourth-order valence-corrected chi connectivity index (χ4v) is 3.87. The lowest BCUT2D eigenvalue weighted by Gasteiger charge is -2.34. The third kappa shape index (κ3) is 4.84. The van der Waals surface area contributed by atoms with Crippen molar-refractivity contribution in [2.24, 2.45) is 0 Å². The highest BCUT2D eigenvalue weighted by Gasteiger charge is 2.30. The predicted octanol–water partition coefficient (Wildman–Crippen LogP) is 9.21. The van der Waals surface area contributed by atoms with E-state index >= 15 is 0 Å². The minimum Gasteiger partial charge on any atom is -0.0826 e. The average Bonchev–Trinajstić information content (AvgIpc) is 2.48. The van der Waals surface area contributed by atoms with E-state index in [0.717, 1.165) is 5.56 Å². The van der Waals surface area contributed by atoms with Crippen LogP contribution >= 0.6 is 34.8 Å². The molecule has 0 aliphatic rings. The first kappa shape index (κ1) is 22.6. The Morgan fingerprint density at radius 2 is 0.926 bits per heavy atom. The quantitative estimate of drug-likeness (QED) is 0.399. The molecule has 0 radical (unpaired) electrons. The van der Waals surface area contributed by atoms with Gasteiger partial charge in [-0.05, 0) is 56.2 Å². The zero-order chi connectivity index (χ0) is 20.9. The predicted molar refractivity (Wildman–Crippen MR) is 123 cm³/mol. The van der Waals surface area contributed by atoms with Gasteiger partial charge in [-0.25, -0.2) is 0 Å². The molecular formula is C24H31Cl3. The minimum absolute atomic E-state index is 0.0326. The summed E-state index contributed by atoms with van der Waals surface area (Å²) in [6.45, 7) is 20.3. The Kier molecular flexibility index (Phi) is 6.10. The van der Waals surface area contributed by atoms with E-state index < -0.39 is 0 Å². The topological polar surface area (TPSA) is 0 Å². The molecule has 0 N–H and O–H groups in total. The van der Waals surface area contributed by atoms with E-state index in [0.29, 0.717) is 15.1 Å². The number of hydrogen-bond donors (Lipinski definition) is 0. The SMILES string of the molecule is CC(C)(C)c1cc(C(C)(C)C)c(-c2cc(Cl)c(Cl)c(Cl)c2)c(C(C)(C)C)c1. The maximum atomic E-state index is 6.39. The smallest absolute Gasteiger partial charge is 0.0778 e. The standard InChI is InChI=1S/C24H31Cl3/c1-22(2,3)15-12-16(23(4,5)6)20(17(13-15)24(7,8)9)14-10-18(25)21(27)19(26)11-14/h10-13H,1-9H3. The van der Waals surface area contributed by atoms with Crippen molar-refractivity contribution >= 4 is 34.8 Å². The summed E-state index contributed by atoms with van der Waals surface area (Å²) in [7, 11) is 0. The number of halogens is 3. The molecule has 0 nitrogen and oxygen atoms in total. The van der Waals surface area contributed by atoms with Gasteiger partial charge in [0.2, 0.25) is 0 Å². The summed E-state index contributed by atoms with van der Waals surface area (Å²) in [5.41, 5.74) is 6.17. The van der Waals surface area contributed by atoms with Gasteiger partial charge in [-0.15, -0.1) is 0 Å². The van der Waals surface area contributed by atoms with Gasteiger partial charge in [-0.3, -0.25) is 0 Å². The van der Waals surface area contributed by atoms with E-state index in [9.17, 15) is 0 Å². The van der Waals surface area contributed by atoms with Crippen molar-refractivity contribution in [3.8, 4) is 11.1 Å². The molecule has 2 aromatic carbocycles. The Morgan fingerprint density at radius 3 is 1.22 bits per heavy atom. The summed E-state index contributed by atoms with van der Waals surface area (Å²) in [6, 6.07) is 8.57. The summed E-state index contributed by atoms with van der Waals surface area (Å²) >= 11 is 19.0. The summed E-state index contributed by atoms with van der Waals surface area (Å²) in [4.78, 5) is 0. The molecule has 0 bridgehead atoms. The molecule has 0 atom stereocenters. The largest absolute Gasteiger partial charge is 0.0826 e. The van der Waals surface area contributed by atoms with Crippen LogP contribution in [0.2, 0.25) is 15.1 Å². The van der Waals surface area contributed by atoms with E-state index in [1.807, 2.05) is 12.1 Å². The van der Waals surface area contributed by atoms with Gasteiger partial charge in [-0.1, -0.05) is 109 Å². The third-order valence-corrected chi connectivity index (χ3v) is 6.09. The van der Waals surface area contributed by atoms with Crippen LogP contribution in [0.5, 0.6) is 0 Å². The van der Waals surface area contributed by atoms with Crippen LogP contribution in [0.4, 0.5) is 0 Å². The van der Waals surface area contributed by atoms with Gasteiger partial charge in [0.15, 0.2) is 0 Å². The molecule has 0 aromatic heterocycles. The Balaban J connectivity index is 3.02. The lowest BCUT2D eigenvalue weighted by atomic mass is 9.71. The molecule has 27 heavy (non-hydrogen) atoms. The third-order valence-electron chi connectivity index (χ3n) is 4.89. The summed E-state index contributed by atoms with van der Waals surface area (Å²) < 4.78 is 0. The summed E-state index contributed by atoms with van der Waals surface area (Å²) in [5, 5.41) is 1.38. The molecule has 2 rings (SSSR count). The molecule has 2 aromatic rings. The highest BCUT2D eigenvalue weighted by Crippen LogP contribution is 2.45. The van der Waals surface area contributed by atoms with Crippen LogP contribution in [0, 0.1) is 0 Å². The average molecular weight is 426 g/mol. The first-order chi connectivity index (χ1) is 12.0. The van der Waals surface area contributed by atoms with E-state index in [4.69, 9.17) is 34.8 Å². The molecule has 0 spiro atoms. The fraction of sp³-hybridized carbons (Fsp3) is 0.500. The highest BCUT2D eigenvalue weighted by atomic mass is 35.5.